The summed E-state index contributed by atoms with van der Waals surface area (Å²) in [7, 11) is 0. The van der Waals surface area contributed by atoms with Gasteiger partial charge in [0.15, 0.2) is 0 Å². The van der Waals surface area contributed by atoms with Gasteiger partial charge in [0.25, 0.3) is 0 Å². The van der Waals surface area contributed by atoms with Gasteiger partial charge in [-0.15, -0.1) is 11.3 Å². The summed E-state index contributed by atoms with van der Waals surface area (Å²) in [6.45, 7) is 3.24. The first-order valence-electron chi connectivity index (χ1n) is 6.06. The summed E-state index contributed by atoms with van der Waals surface area (Å²) in [6.07, 6.45) is 0. The highest BCUT2D eigenvalue weighted by atomic mass is 32.1. The van der Waals surface area contributed by atoms with Gasteiger partial charge in [0.2, 0.25) is 0 Å². The van der Waals surface area contributed by atoms with E-state index in [2.05, 4.69) is 16.8 Å². The molecule has 0 fully saturated rings. The third kappa shape index (κ3) is 3.24. The topological polar surface area (TPSA) is 47.3 Å². The van der Waals surface area contributed by atoms with Crippen LogP contribution >= 0.6 is 11.3 Å². The smallest absolute Gasteiger partial charge is 0.119 e. The highest BCUT2D eigenvalue weighted by Gasteiger charge is 2.10. The molecular weight excluding hydrogens is 244 g/mol. The molecule has 2 aromatic rings. The molecule has 2 rings (SSSR count). The quantitative estimate of drug-likeness (QED) is 0.840. The molecule has 1 aromatic heterocycles. The van der Waals surface area contributed by atoms with Crippen LogP contribution in [0.15, 0.2) is 41.8 Å². The predicted molar refractivity (Wildman–Crippen MR) is 77.3 cm³/mol. The molecule has 1 heterocycles. The molecule has 0 aliphatic heterocycles. The van der Waals surface area contributed by atoms with Gasteiger partial charge in [0, 0.05) is 17.1 Å². The van der Waals surface area contributed by atoms with E-state index < -0.39 is 0 Å². The number of anilines is 1. The minimum absolute atomic E-state index is 0.169. The maximum atomic E-state index is 5.81. The van der Waals surface area contributed by atoms with E-state index in [-0.39, 0.29) is 6.04 Å². The third-order valence-electron chi connectivity index (χ3n) is 2.63. The monoisotopic (exact) mass is 262 g/mol. The Bertz CT molecular complexity index is 453. The summed E-state index contributed by atoms with van der Waals surface area (Å²) in [5.41, 5.74) is 6.87. The number of nitrogens with one attached hydrogen (secondary N) is 1. The molecule has 96 valence electrons. The summed E-state index contributed by atoms with van der Waals surface area (Å²) in [5, 5.41) is 5.50. The Morgan fingerprint density at radius 1 is 1.28 bits per heavy atom. The van der Waals surface area contributed by atoms with Gasteiger partial charge < -0.3 is 15.8 Å². The molecule has 4 heteroatoms. The van der Waals surface area contributed by atoms with Crippen molar-refractivity contribution in [2.75, 3.05) is 18.5 Å². The van der Waals surface area contributed by atoms with Crippen LogP contribution in [0.5, 0.6) is 5.75 Å². The SMILES string of the molecule is CCOc1ccc(NC(CN)c2cccs2)cc1. The molecule has 0 radical (unpaired) electrons. The van der Waals surface area contributed by atoms with Gasteiger partial charge in [0.1, 0.15) is 5.75 Å². The Morgan fingerprint density at radius 2 is 2.06 bits per heavy atom. The number of rotatable bonds is 6. The second-order valence-corrected chi connectivity index (χ2v) is 4.88. The van der Waals surface area contributed by atoms with Crippen molar-refractivity contribution in [2.24, 2.45) is 5.73 Å². The van der Waals surface area contributed by atoms with Crippen LogP contribution in [0.4, 0.5) is 5.69 Å². The molecule has 3 nitrogen and oxygen atoms in total. The Hall–Kier alpha value is -1.52. The molecule has 0 spiro atoms. The molecule has 18 heavy (non-hydrogen) atoms. The average Bonchev–Trinajstić information content (AvgIpc) is 2.92. The first kappa shape index (κ1) is 12.9. The fourth-order valence-corrected chi connectivity index (χ4v) is 2.54. The summed E-state index contributed by atoms with van der Waals surface area (Å²) >= 11 is 1.72. The molecule has 0 amide bonds. The molecule has 0 saturated carbocycles. The summed E-state index contributed by atoms with van der Waals surface area (Å²) < 4.78 is 5.41. The number of thiophene rings is 1. The van der Waals surface area contributed by atoms with E-state index in [9.17, 15) is 0 Å². The maximum absolute atomic E-state index is 5.81. The van der Waals surface area contributed by atoms with Crippen LogP contribution in [-0.4, -0.2) is 13.2 Å². The molecular formula is C14H18N2OS. The molecule has 1 unspecified atom stereocenters. The number of benzene rings is 1. The third-order valence-corrected chi connectivity index (χ3v) is 3.61. The van der Waals surface area contributed by atoms with Crippen LogP contribution in [0.2, 0.25) is 0 Å². The van der Waals surface area contributed by atoms with E-state index in [1.54, 1.807) is 11.3 Å². The Morgan fingerprint density at radius 3 is 2.61 bits per heavy atom. The lowest BCUT2D eigenvalue weighted by Crippen LogP contribution is -2.19. The van der Waals surface area contributed by atoms with E-state index in [0.717, 1.165) is 11.4 Å². The predicted octanol–water partition coefficient (Wildman–Crippen LogP) is 3.26. The molecule has 3 N–H and O–H groups in total. The Balaban J connectivity index is 2.03. The van der Waals surface area contributed by atoms with Gasteiger partial charge >= 0.3 is 0 Å². The van der Waals surface area contributed by atoms with Crippen molar-refractivity contribution in [3.8, 4) is 5.75 Å². The van der Waals surface area contributed by atoms with Crippen LogP contribution in [0.1, 0.15) is 17.8 Å². The average molecular weight is 262 g/mol. The highest BCUT2D eigenvalue weighted by Crippen LogP contribution is 2.24. The lowest BCUT2D eigenvalue weighted by atomic mass is 10.2. The summed E-state index contributed by atoms with van der Waals surface area (Å²) in [4.78, 5) is 1.26. The summed E-state index contributed by atoms with van der Waals surface area (Å²) in [5.74, 6) is 0.892. The molecule has 0 saturated heterocycles. The van der Waals surface area contributed by atoms with Crippen LogP contribution in [0.25, 0.3) is 0 Å². The number of hydrogen-bond donors (Lipinski definition) is 2. The van der Waals surface area contributed by atoms with Crippen molar-refractivity contribution in [1.82, 2.24) is 0 Å². The molecule has 0 aliphatic carbocycles. The van der Waals surface area contributed by atoms with Gasteiger partial charge in [-0.3, -0.25) is 0 Å². The zero-order valence-corrected chi connectivity index (χ0v) is 11.2. The van der Waals surface area contributed by atoms with Crippen molar-refractivity contribution < 1.29 is 4.74 Å². The van der Waals surface area contributed by atoms with Gasteiger partial charge in [-0.05, 0) is 42.6 Å². The number of ether oxygens (including phenoxy) is 1. The zero-order chi connectivity index (χ0) is 12.8. The standard InChI is InChI=1S/C14H18N2OS/c1-2-17-12-7-5-11(6-8-12)16-13(10-15)14-4-3-9-18-14/h3-9,13,16H,2,10,15H2,1H3. The van der Waals surface area contributed by atoms with Crippen LogP contribution in [-0.2, 0) is 0 Å². The van der Waals surface area contributed by atoms with Crippen molar-refractivity contribution in [3.05, 3.63) is 46.7 Å². The molecule has 0 bridgehead atoms. The zero-order valence-electron chi connectivity index (χ0n) is 10.4. The fourth-order valence-electron chi connectivity index (χ4n) is 1.75. The molecule has 0 aliphatic rings. The van der Waals surface area contributed by atoms with Gasteiger partial charge in [-0.25, -0.2) is 0 Å². The minimum atomic E-state index is 0.169. The second kappa shape index (κ2) is 6.42. The van der Waals surface area contributed by atoms with E-state index in [0.29, 0.717) is 13.2 Å². The van der Waals surface area contributed by atoms with Crippen molar-refractivity contribution in [2.45, 2.75) is 13.0 Å². The van der Waals surface area contributed by atoms with Crippen LogP contribution in [0.3, 0.4) is 0 Å². The van der Waals surface area contributed by atoms with Crippen molar-refractivity contribution in [1.29, 1.82) is 0 Å². The minimum Gasteiger partial charge on any atom is -0.494 e. The van der Waals surface area contributed by atoms with E-state index in [1.165, 1.54) is 4.88 Å². The first-order chi connectivity index (χ1) is 8.83. The maximum Gasteiger partial charge on any atom is 0.119 e. The lowest BCUT2D eigenvalue weighted by Gasteiger charge is -2.17. The number of hydrogen-bond acceptors (Lipinski definition) is 4. The normalized spacial score (nSPS) is 12.1. The van der Waals surface area contributed by atoms with Crippen molar-refractivity contribution >= 4 is 17.0 Å². The largest absolute Gasteiger partial charge is 0.494 e. The Labute approximate surface area is 112 Å². The van der Waals surface area contributed by atoms with E-state index in [4.69, 9.17) is 10.5 Å². The van der Waals surface area contributed by atoms with Gasteiger partial charge in [0.05, 0.1) is 12.6 Å². The molecule has 1 aromatic carbocycles. The summed E-state index contributed by atoms with van der Waals surface area (Å²) in [6, 6.07) is 12.3. The van der Waals surface area contributed by atoms with Crippen LogP contribution < -0.4 is 15.8 Å². The Kier molecular flexibility index (Phi) is 4.61. The molecule has 1 atom stereocenters. The fraction of sp³-hybridized carbons (Fsp3) is 0.286. The highest BCUT2D eigenvalue weighted by molar-refractivity contribution is 7.10. The lowest BCUT2D eigenvalue weighted by molar-refractivity contribution is 0.340. The first-order valence-corrected chi connectivity index (χ1v) is 6.94. The van der Waals surface area contributed by atoms with Crippen molar-refractivity contribution in [3.63, 3.8) is 0 Å². The van der Waals surface area contributed by atoms with E-state index in [1.807, 2.05) is 37.3 Å². The van der Waals surface area contributed by atoms with Gasteiger partial charge in [-0.2, -0.15) is 0 Å². The van der Waals surface area contributed by atoms with E-state index >= 15 is 0 Å². The second-order valence-electron chi connectivity index (χ2n) is 3.91. The number of nitrogens with two attached hydrogens (primary N) is 1. The van der Waals surface area contributed by atoms with Crippen LogP contribution in [0, 0.1) is 0 Å². The van der Waals surface area contributed by atoms with Gasteiger partial charge in [-0.1, -0.05) is 6.07 Å².